The third-order valence-electron chi connectivity index (χ3n) is 2.76. The molecule has 1 unspecified atom stereocenters. The second kappa shape index (κ2) is 3.97. The molecule has 0 aromatic carbocycles. The minimum atomic E-state index is 0.259. The average molecular weight is 216 g/mol. The average Bonchev–Trinajstić information content (AvgIpc) is 3.01. The third kappa shape index (κ3) is 1.57. The van der Waals surface area contributed by atoms with Gasteiger partial charge in [-0.25, -0.2) is 0 Å². The smallest absolute Gasteiger partial charge is 0.173 e. The number of rotatable bonds is 2. The van der Waals surface area contributed by atoms with Crippen molar-refractivity contribution < 1.29 is 0 Å². The molecule has 0 amide bonds. The molecule has 3 rings (SSSR count). The number of nitrogens with zero attached hydrogens (tertiary/aromatic N) is 5. The van der Waals surface area contributed by atoms with Gasteiger partial charge < -0.3 is 5.32 Å². The Morgan fingerprint density at radius 1 is 1.44 bits per heavy atom. The zero-order chi connectivity index (χ0) is 10.8. The zero-order valence-electron chi connectivity index (χ0n) is 8.74. The van der Waals surface area contributed by atoms with Crippen LogP contribution in [0.2, 0.25) is 0 Å². The number of hydrogen-bond donors (Lipinski definition) is 1. The molecule has 2 aromatic heterocycles. The van der Waals surface area contributed by atoms with E-state index < -0.39 is 0 Å². The lowest BCUT2D eigenvalue weighted by Gasteiger charge is -2.09. The molecule has 82 valence electrons. The van der Waals surface area contributed by atoms with Gasteiger partial charge in [-0.05, 0) is 41.9 Å². The van der Waals surface area contributed by atoms with Crippen molar-refractivity contribution in [3.63, 3.8) is 0 Å². The van der Waals surface area contributed by atoms with Gasteiger partial charge in [-0.3, -0.25) is 4.98 Å². The van der Waals surface area contributed by atoms with E-state index >= 15 is 0 Å². The summed E-state index contributed by atoms with van der Waals surface area (Å²) in [6.45, 7) is 1.03. The Hall–Kier alpha value is -1.82. The molecule has 3 heterocycles. The van der Waals surface area contributed by atoms with Crippen LogP contribution in [0.4, 0.5) is 0 Å². The van der Waals surface area contributed by atoms with Crippen LogP contribution in [-0.2, 0) is 0 Å². The molecule has 1 N–H and O–H groups in total. The van der Waals surface area contributed by atoms with E-state index in [0.29, 0.717) is 0 Å². The normalized spacial score (nSPS) is 20.1. The van der Waals surface area contributed by atoms with Crippen molar-refractivity contribution in [3.05, 3.63) is 30.4 Å². The first kappa shape index (κ1) is 9.41. The molecule has 0 spiro atoms. The van der Waals surface area contributed by atoms with Gasteiger partial charge in [0.1, 0.15) is 0 Å². The molecule has 0 bridgehead atoms. The van der Waals surface area contributed by atoms with Crippen LogP contribution in [0.25, 0.3) is 5.69 Å². The predicted octanol–water partition coefficient (Wildman–Crippen LogP) is 0.482. The SMILES string of the molecule is c1cncc(-n2nnnc2C2CCCN2)c1. The molecule has 1 fully saturated rings. The maximum absolute atomic E-state index is 4.09. The predicted molar refractivity (Wildman–Crippen MR) is 56.9 cm³/mol. The molecule has 6 heteroatoms. The number of nitrogens with one attached hydrogen (secondary N) is 1. The van der Waals surface area contributed by atoms with Crippen LogP contribution in [0.3, 0.4) is 0 Å². The number of pyridine rings is 1. The zero-order valence-corrected chi connectivity index (χ0v) is 8.74. The van der Waals surface area contributed by atoms with Crippen molar-refractivity contribution in [1.82, 2.24) is 30.5 Å². The van der Waals surface area contributed by atoms with Crippen molar-refractivity contribution in [2.75, 3.05) is 6.54 Å². The van der Waals surface area contributed by atoms with E-state index in [-0.39, 0.29) is 6.04 Å². The largest absolute Gasteiger partial charge is 0.307 e. The summed E-state index contributed by atoms with van der Waals surface area (Å²) in [6.07, 6.45) is 5.75. The van der Waals surface area contributed by atoms with E-state index in [2.05, 4.69) is 25.8 Å². The molecule has 0 saturated carbocycles. The fourth-order valence-electron chi connectivity index (χ4n) is 1.98. The van der Waals surface area contributed by atoms with Gasteiger partial charge in [0.2, 0.25) is 0 Å². The van der Waals surface area contributed by atoms with Gasteiger partial charge in [0, 0.05) is 6.20 Å². The summed E-state index contributed by atoms with van der Waals surface area (Å²) in [5.41, 5.74) is 0.899. The first-order chi connectivity index (χ1) is 7.95. The van der Waals surface area contributed by atoms with Crippen LogP contribution >= 0.6 is 0 Å². The lowest BCUT2D eigenvalue weighted by atomic mass is 10.2. The standard InChI is InChI=1S/C10H12N6/c1-3-8(7-11-5-1)16-10(13-14-15-16)9-4-2-6-12-9/h1,3,5,7,9,12H,2,4,6H2. The van der Waals surface area contributed by atoms with E-state index in [4.69, 9.17) is 0 Å². The monoisotopic (exact) mass is 216 g/mol. The van der Waals surface area contributed by atoms with Crippen LogP contribution in [0.15, 0.2) is 24.5 Å². The van der Waals surface area contributed by atoms with Gasteiger partial charge >= 0.3 is 0 Å². The Bertz CT molecular complexity index is 459. The summed E-state index contributed by atoms with van der Waals surface area (Å²) in [6, 6.07) is 4.08. The molecule has 16 heavy (non-hydrogen) atoms. The van der Waals surface area contributed by atoms with E-state index in [1.165, 1.54) is 6.42 Å². The van der Waals surface area contributed by atoms with Crippen LogP contribution < -0.4 is 5.32 Å². The number of aromatic nitrogens is 5. The Morgan fingerprint density at radius 3 is 3.19 bits per heavy atom. The number of tetrazole rings is 1. The van der Waals surface area contributed by atoms with Gasteiger partial charge in [0.05, 0.1) is 17.9 Å². The van der Waals surface area contributed by atoms with Crippen LogP contribution in [-0.4, -0.2) is 31.7 Å². The molecule has 0 aliphatic carbocycles. The van der Waals surface area contributed by atoms with Gasteiger partial charge in [0.15, 0.2) is 5.82 Å². The summed E-state index contributed by atoms with van der Waals surface area (Å²) in [5, 5.41) is 15.2. The number of hydrogen-bond acceptors (Lipinski definition) is 5. The summed E-state index contributed by atoms with van der Waals surface area (Å²) in [4.78, 5) is 4.07. The topological polar surface area (TPSA) is 68.5 Å². The third-order valence-corrected chi connectivity index (χ3v) is 2.76. The fourth-order valence-corrected chi connectivity index (χ4v) is 1.98. The van der Waals surface area contributed by atoms with E-state index in [1.54, 1.807) is 17.1 Å². The van der Waals surface area contributed by atoms with Crippen LogP contribution in [0, 0.1) is 0 Å². The highest BCUT2D eigenvalue weighted by molar-refractivity contribution is 5.27. The molecule has 1 aliphatic rings. The van der Waals surface area contributed by atoms with E-state index in [9.17, 15) is 0 Å². The Labute approximate surface area is 92.7 Å². The van der Waals surface area contributed by atoms with Crippen molar-refractivity contribution >= 4 is 0 Å². The van der Waals surface area contributed by atoms with Crippen molar-refractivity contribution in [2.24, 2.45) is 0 Å². The van der Waals surface area contributed by atoms with Crippen molar-refractivity contribution in [3.8, 4) is 5.69 Å². The Balaban J connectivity index is 1.99. The highest BCUT2D eigenvalue weighted by atomic mass is 15.5. The van der Waals surface area contributed by atoms with E-state index in [1.807, 2.05) is 12.1 Å². The maximum atomic E-state index is 4.09. The summed E-state index contributed by atoms with van der Waals surface area (Å²) < 4.78 is 1.75. The van der Waals surface area contributed by atoms with Crippen LogP contribution in [0.5, 0.6) is 0 Å². The Kier molecular flexibility index (Phi) is 2.34. The minimum absolute atomic E-state index is 0.259. The van der Waals surface area contributed by atoms with Gasteiger partial charge in [-0.1, -0.05) is 0 Å². The fraction of sp³-hybridized carbons (Fsp3) is 0.400. The molecule has 1 aliphatic heterocycles. The quantitative estimate of drug-likeness (QED) is 0.790. The van der Waals surface area contributed by atoms with Gasteiger partial charge in [0.25, 0.3) is 0 Å². The lowest BCUT2D eigenvalue weighted by molar-refractivity contribution is 0.583. The minimum Gasteiger partial charge on any atom is -0.307 e. The second-order valence-electron chi connectivity index (χ2n) is 3.81. The molecule has 1 saturated heterocycles. The van der Waals surface area contributed by atoms with Gasteiger partial charge in [-0.15, -0.1) is 5.10 Å². The molecule has 6 nitrogen and oxygen atoms in total. The molecular formula is C10H12N6. The van der Waals surface area contributed by atoms with Crippen molar-refractivity contribution in [2.45, 2.75) is 18.9 Å². The summed E-state index contributed by atoms with van der Waals surface area (Å²) >= 11 is 0. The van der Waals surface area contributed by atoms with Crippen LogP contribution in [0.1, 0.15) is 24.7 Å². The first-order valence-corrected chi connectivity index (χ1v) is 5.37. The Morgan fingerprint density at radius 2 is 2.44 bits per heavy atom. The first-order valence-electron chi connectivity index (χ1n) is 5.37. The van der Waals surface area contributed by atoms with E-state index in [0.717, 1.165) is 24.5 Å². The summed E-state index contributed by atoms with van der Waals surface area (Å²) in [5.74, 6) is 0.866. The molecule has 2 aromatic rings. The molecular weight excluding hydrogens is 204 g/mol. The highest BCUT2D eigenvalue weighted by Gasteiger charge is 2.22. The lowest BCUT2D eigenvalue weighted by Crippen LogP contribution is -2.18. The summed E-state index contributed by atoms with van der Waals surface area (Å²) in [7, 11) is 0. The highest BCUT2D eigenvalue weighted by Crippen LogP contribution is 2.21. The van der Waals surface area contributed by atoms with Crippen molar-refractivity contribution in [1.29, 1.82) is 0 Å². The molecule has 1 atom stereocenters. The van der Waals surface area contributed by atoms with Gasteiger partial charge in [-0.2, -0.15) is 4.68 Å². The maximum Gasteiger partial charge on any atom is 0.173 e. The molecule has 0 radical (unpaired) electrons. The second-order valence-corrected chi connectivity index (χ2v) is 3.81.